The van der Waals surface area contributed by atoms with Crippen LogP contribution in [0.5, 0.6) is 0 Å². The van der Waals surface area contributed by atoms with Crippen molar-refractivity contribution in [2.75, 3.05) is 13.2 Å². The standard InChI is InChI=1S/C18H24N2O2S2/c1-12(2)17-19-13(3)16(24-17)18(21)20(9-14-6-8-23-11-14)10-15-5-4-7-22-15/h6,8,11-12,15H,4-5,7,9-10H2,1-3H3/t15-/m0/s1. The van der Waals surface area contributed by atoms with Crippen molar-refractivity contribution in [3.05, 3.63) is 38.0 Å². The molecule has 2 aromatic heterocycles. The Morgan fingerprint density at radius 2 is 2.33 bits per heavy atom. The van der Waals surface area contributed by atoms with Crippen LogP contribution in [0, 0.1) is 6.92 Å². The number of nitrogens with zero attached hydrogens (tertiary/aromatic N) is 2. The zero-order chi connectivity index (χ0) is 17.1. The van der Waals surface area contributed by atoms with Gasteiger partial charge in [0.05, 0.1) is 16.8 Å². The minimum atomic E-state index is 0.0820. The molecule has 0 saturated carbocycles. The minimum Gasteiger partial charge on any atom is -0.376 e. The van der Waals surface area contributed by atoms with Crippen LogP contribution in [-0.2, 0) is 11.3 Å². The molecular weight excluding hydrogens is 340 g/mol. The molecule has 1 amide bonds. The van der Waals surface area contributed by atoms with Gasteiger partial charge in [0.15, 0.2) is 0 Å². The molecule has 0 aliphatic carbocycles. The molecule has 0 aromatic carbocycles. The molecule has 0 unspecified atom stereocenters. The van der Waals surface area contributed by atoms with Crippen molar-refractivity contribution in [3.63, 3.8) is 0 Å². The molecule has 24 heavy (non-hydrogen) atoms. The Hall–Kier alpha value is -1.24. The maximum atomic E-state index is 13.2. The number of ether oxygens (including phenoxy) is 1. The zero-order valence-corrected chi connectivity index (χ0v) is 16.1. The lowest BCUT2D eigenvalue weighted by atomic mass is 10.2. The van der Waals surface area contributed by atoms with Crippen molar-refractivity contribution in [3.8, 4) is 0 Å². The summed E-state index contributed by atoms with van der Waals surface area (Å²) in [5, 5.41) is 5.19. The molecular formula is C18H24N2O2S2. The molecule has 0 spiro atoms. The molecule has 1 fully saturated rings. The van der Waals surface area contributed by atoms with E-state index < -0.39 is 0 Å². The van der Waals surface area contributed by atoms with Gasteiger partial charge in [0.2, 0.25) is 0 Å². The molecule has 3 rings (SSSR count). The van der Waals surface area contributed by atoms with E-state index in [-0.39, 0.29) is 12.0 Å². The highest BCUT2D eigenvalue weighted by atomic mass is 32.1. The van der Waals surface area contributed by atoms with Crippen molar-refractivity contribution < 1.29 is 9.53 Å². The van der Waals surface area contributed by atoms with E-state index in [0.717, 1.165) is 35.0 Å². The summed E-state index contributed by atoms with van der Waals surface area (Å²) in [5.41, 5.74) is 2.02. The summed E-state index contributed by atoms with van der Waals surface area (Å²) in [6.45, 7) is 8.26. The lowest BCUT2D eigenvalue weighted by Gasteiger charge is -2.25. The molecule has 4 nitrogen and oxygen atoms in total. The largest absolute Gasteiger partial charge is 0.376 e. The van der Waals surface area contributed by atoms with Gasteiger partial charge < -0.3 is 9.64 Å². The Balaban J connectivity index is 1.81. The van der Waals surface area contributed by atoms with Gasteiger partial charge in [-0.2, -0.15) is 11.3 Å². The predicted octanol–water partition coefficient (Wildman–Crippen LogP) is 4.46. The maximum Gasteiger partial charge on any atom is 0.266 e. The third kappa shape index (κ3) is 4.05. The number of hydrogen-bond acceptors (Lipinski definition) is 5. The van der Waals surface area contributed by atoms with Gasteiger partial charge in [0.25, 0.3) is 5.91 Å². The van der Waals surface area contributed by atoms with Crippen molar-refractivity contribution in [2.24, 2.45) is 0 Å². The van der Waals surface area contributed by atoms with Crippen LogP contribution >= 0.6 is 22.7 Å². The van der Waals surface area contributed by atoms with Gasteiger partial charge in [0.1, 0.15) is 4.88 Å². The number of rotatable bonds is 6. The first-order chi connectivity index (χ1) is 11.5. The predicted molar refractivity (Wildman–Crippen MR) is 99.0 cm³/mol. The number of carbonyl (C=O) groups is 1. The van der Waals surface area contributed by atoms with Crippen LogP contribution in [0.2, 0.25) is 0 Å². The number of thiazole rings is 1. The Morgan fingerprint density at radius 1 is 1.50 bits per heavy atom. The normalized spacial score (nSPS) is 17.6. The molecule has 6 heteroatoms. The number of thiophene rings is 1. The quantitative estimate of drug-likeness (QED) is 0.760. The van der Waals surface area contributed by atoms with Gasteiger partial charge in [0, 0.05) is 25.6 Å². The van der Waals surface area contributed by atoms with Gasteiger partial charge in [-0.3, -0.25) is 4.79 Å². The highest BCUT2D eigenvalue weighted by Gasteiger charge is 2.26. The average Bonchev–Trinajstić information content (AvgIpc) is 3.27. The Morgan fingerprint density at radius 3 is 2.92 bits per heavy atom. The van der Waals surface area contributed by atoms with Gasteiger partial charge in [-0.1, -0.05) is 13.8 Å². The molecule has 2 aromatic rings. The number of amides is 1. The van der Waals surface area contributed by atoms with Crippen molar-refractivity contribution in [1.82, 2.24) is 9.88 Å². The summed E-state index contributed by atoms with van der Waals surface area (Å²) in [6.07, 6.45) is 2.28. The number of hydrogen-bond donors (Lipinski definition) is 0. The third-order valence-electron chi connectivity index (χ3n) is 4.19. The Labute approximate surface area is 151 Å². The van der Waals surface area contributed by atoms with E-state index >= 15 is 0 Å². The van der Waals surface area contributed by atoms with Crippen molar-refractivity contribution >= 4 is 28.6 Å². The molecule has 1 aliphatic heterocycles. The molecule has 1 saturated heterocycles. The Bertz CT molecular complexity index is 673. The van der Waals surface area contributed by atoms with E-state index in [4.69, 9.17) is 4.74 Å². The molecule has 0 radical (unpaired) electrons. The smallest absolute Gasteiger partial charge is 0.266 e. The van der Waals surface area contributed by atoms with Crippen LogP contribution in [0.4, 0.5) is 0 Å². The Kier molecular flexibility index (Phi) is 5.69. The second kappa shape index (κ2) is 7.76. The second-order valence-corrected chi connectivity index (χ2v) is 8.38. The highest BCUT2D eigenvalue weighted by Crippen LogP contribution is 2.27. The number of aryl methyl sites for hydroxylation is 1. The second-order valence-electron chi connectivity index (χ2n) is 6.57. The van der Waals surface area contributed by atoms with E-state index in [2.05, 4.69) is 35.7 Å². The zero-order valence-electron chi connectivity index (χ0n) is 14.4. The first kappa shape index (κ1) is 17.6. The molecule has 3 heterocycles. The summed E-state index contributed by atoms with van der Waals surface area (Å²) in [5.74, 6) is 0.428. The van der Waals surface area contributed by atoms with Crippen LogP contribution in [0.25, 0.3) is 0 Å². The summed E-state index contributed by atoms with van der Waals surface area (Å²) in [6, 6.07) is 2.08. The molecule has 0 bridgehead atoms. The molecule has 1 atom stereocenters. The van der Waals surface area contributed by atoms with Crippen LogP contribution in [0.3, 0.4) is 0 Å². The lowest BCUT2D eigenvalue weighted by Crippen LogP contribution is -2.36. The molecule has 130 valence electrons. The van der Waals surface area contributed by atoms with E-state index in [9.17, 15) is 4.79 Å². The van der Waals surface area contributed by atoms with Crippen LogP contribution in [0.15, 0.2) is 16.8 Å². The van der Waals surface area contributed by atoms with Crippen LogP contribution in [-0.4, -0.2) is 35.0 Å². The topological polar surface area (TPSA) is 42.4 Å². The van der Waals surface area contributed by atoms with E-state index in [1.807, 2.05) is 11.8 Å². The monoisotopic (exact) mass is 364 g/mol. The minimum absolute atomic E-state index is 0.0820. The van der Waals surface area contributed by atoms with Crippen molar-refractivity contribution in [1.29, 1.82) is 0 Å². The van der Waals surface area contributed by atoms with E-state index in [1.54, 1.807) is 11.3 Å². The summed E-state index contributed by atoms with van der Waals surface area (Å²) < 4.78 is 5.76. The van der Waals surface area contributed by atoms with Crippen molar-refractivity contribution in [2.45, 2.75) is 52.2 Å². The highest BCUT2D eigenvalue weighted by molar-refractivity contribution is 7.13. The first-order valence-corrected chi connectivity index (χ1v) is 10.2. The van der Waals surface area contributed by atoms with E-state index in [0.29, 0.717) is 19.0 Å². The summed E-state index contributed by atoms with van der Waals surface area (Å²) in [7, 11) is 0. The third-order valence-corrected chi connectivity index (χ3v) is 6.37. The summed E-state index contributed by atoms with van der Waals surface area (Å²) in [4.78, 5) is 20.4. The molecule has 1 aliphatic rings. The van der Waals surface area contributed by atoms with Gasteiger partial charge in [-0.25, -0.2) is 4.98 Å². The van der Waals surface area contributed by atoms with Gasteiger partial charge in [-0.05, 0) is 42.2 Å². The van der Waals surface area contributed by atoms with Gasteiger partial charge >= 0.3 is 0 Å². The SMILES string of the molecule is Cc1nc(C(C)C)sc1C(=O)N(Cc1ccsc1)C[C@@H]1CCCO1. The lowest BCUT2D eigenvalue weighted by molar-refractivity contribution is 0.0510. The first-order valence-electron chi connectivity index (χ1n) is 8.44. The summed E-state index contributed by atoms with van der Waals surface area (Å²) >= 11 is 3.20. The van der Waals surface area contributed by atoms with Gasteiger partial charge in [-0.15, -0.1) is 11.3 Å². The van der Waals surface area contributed by atoms with E-state index in [1.165, 1.54) is 16.9 Å². The van der Waals surface area contributed by atoms with Crippen LogP contribution < -0.4 is 0 Å². The fraction of sp³-hybridized carbons (Fsp3) is 0.556. The fourth-order valence-corrected chi connectivity index (χ4v) is 4.56. The van der Waals surface area contributed by atoms with Crippen LogP contribution in [0.1, 0.15) is 58.5 Å². The maximum absolute atomic E-state index is 13.2. The number of aromatic nitrogens is 1. The average molecular weight is 365 g/mol. The fourth-order valence-electron chi connectivity index (χ4n) is 2.86. The number of carbonyl (C=O) groups excluding carboxylic acids is 1. The molecule has 0 N–H and O–H groups in total.